The van der Waals surface area contributed by atoms with E-state index in [1.807, 2.05) is 26.0 Å². The quantitative estimate of drug-likeness (QED) is 0.898. The lowest BCUT2D eigenvalue weighted by atomic mass is 9.95. The maximum atomic E-state index is 9.32. The number of aryl methyl sites for hydroxylation is 2. The molecular formula is C14H15N3O. The van der Waals surface area contributed by atoms with Crippen LogP contribution < -0.4 is 4.74 Å². The lowest BCUT2D eigenvalue weighted by molar-refractivity contribution is 0.408. The van der Waals surface area contributed by atoms with E-state index in [4.69, 9.17) is 4.74 Å². The minimum atomic E-state index is -0.372. The average Bonchev–Trinajstić information content (AvgIpc) is 2.83. The molecule has 0 saturated heterocycles. The summed E-state index contributed by atoms with van der Waals surface area (Å²) < 4.78 is 5.33. The average molecular weight is 241 g/mol. The summed E-state index contributed by atoms with van der Waals surface area (Å²) in [7, 11) is 1.66. The van der Waals surface area contributed by atoms with Gasteiger partial charge in [-0.2, -0.15) is 5.26 Å². The second kappa shape index (κ2) is 4.92. The van der Waals surface area contributed by atoms with Crippen LogP contribution in [0.25, 0.3) is 0 Å². The fourth-order valence-electron chi connectivity index (χ4n) is 2.20. The van der Waals surface area contributed by atoms with Gasteiger partial charge >= 0.3 is 0 Å². The number of aromatic nitrogens is 2. The van der Waals surface area contributed by atoms with Crippen molar-refractivity contribution in [3.8, 4) is 11.8 Å². The van der Waals surface area contributed by atoms with Crippen molar-refractivity contribution in [2.45, 2.75) is 19.8 Å². The Morgan fingerprint density at radius 3 is 2.44 bits per heavy atom. The molecule has 0 saturated carbocycles. The van der Waals surface area contributed by atoms with E-state index >= 15 is 0 Å². The van der Waals surface area contributed by atoms with Crippen molar-refractivity contribution in [3.05, 3.63) is 47.0 Å². The van der Waals surface area contributed by atoms with Gasteiger partial charge in [-0.15, -0.1) is 0 Å². The van der Waals surface area contributed by atoms with E-state index < -0.39 is 0 Å². The highest BCUT2D eigenvalue weighted by Crippen LogP contribution is 2.29. The van der Waals surface area contributed by atoms with Crippen molar-refractivity contribution in [1.82, 2.24) is 9.97 Å². The molecule has 4 nitrogen and oxygen atoms in total. The number of aromatic amines is 1. The normalized spacial score (nSPS) is 11.9. The van der Waals surface area contributed by atoms with Gasteiger partial charge in [-0.3, -0.25) is 0 Å². The van der Waals surface area contributed by atoms with E-state index in [2.05, 4.69) is 16.0 Å². The number of H-pyrrole nitrogens is 1. The molecule has 0 aliphatic rings. The third kappa shape index (κ3) is 2.07. The molecule has 92 valence electrons. The predicted octanol–water partition coefficient (Wildman–Crippen LogP) is 2.69. The maximum absolute atomic E-state index is 9.32. The number of rotatable bonds is 3. The van der Waals surface area contributed by atoms with Gasteiger partial charge in [0.1, 0.15) is 17.5 Å². The van der Waals surface area contributed by atoms with Crippen LogP contribution in [0, 0.1) is 25.2 Å². The molecule has 1 heterocycles. The molecule has 0 bridgehead atoms. The van der Waals surface area contributed by atoms with Gasteiger partial charge in [0.05, 0.1) is 13.2 Å². The minimum Gasteiger partial charge on any atom is -0.496 e. The Balaban J connectivity index is 2.48. The van der Waals surface area contributed by atoms with Gasteiger partial charge in [0.2, 0.25) is 0 Å². The zero-order valence-corrected chi connectivity index (χ0v) is 10.7. The molecule has 2 rings (SSSR count). The highest BCUT2D eigenvalue weighted by atomic mass is 16.5. The molecular weight excluding hydrogens is 226 g/mol. The zero-order valence-electron chi connectivity index (χ0n) is 10.7. The molecule has 1 aromatic carbocycles. The molecule has 1 atom stereocenters. The van der Waals surface area contributed by atoms with Crippen LogP contribution in [0.4, 0.5) is 0 Å². The summed E-state index contributed by atoms with van der Waals surface area (Å²) in [6.07, 6.45) is 3.38. The van der Waals surface area contributed by atoms with Gasteiger partial charge in [-0.1, -0.05) is 12.1 Å². The van der Waals surface area contributed by atoms with Crippen LogP contribution in [0.1, 0.15) is 28.4 Å². The lowest BCUT2D eigenvalue weighted by Crippen LogP contribution is -2.03. The van der Waals surface area contributed by atoms with Gasteiger partial charge in [-0.05, 0) is 30.5 Å². The Labute approximate surface area is 106 Å². The Bertz CT molecular complexity index is 559. The van der Waals surface area contributed by atoms with Crippen LogP contribution in [0.15, 0.2) is 24.5 Å². The van der Waals surface area contributed by atoms with Crippen molar-refractivity contribution in [2.75, 3.05) is 7.11 Å². The second-order valence-corrected chi connectivity index (χ2v) is 4.22. The van der Waals surface area contributed by atoms with E-state index in [0.717, 1.165) is 22.4 Å². The topological polar surface area (TPSA) is 61.7 Å². The van der Waals surface area contributed by atoms with Gasteiger partial charge < -0.3 is 9.72 Å². The summed E-state index contributed by atoms with van der Waals surface area (Å²) in [5.74, 6) is 1.17. The molecule has 0 amide bonds. The fraction of sp³-hybridized carbons (Fsp3) is 0.286. The summed E-state index contributed by atoms with van der Waals surface area (Å²) >= 11 is 0. The first-order chi connectivity index (χ1) is 8.67. The summed E-state index contributed by atoms with van der Waals surface area (Å²) in [6, 6.07) is 6.23. The number of nitriles is 1. The lowest BCUT2D eigenvalue weighted by Gasteiger charge is -2.13. The predicted molar refractivity (Wildman–Crippen MR) is 68.5 cm³/mol. The van der Waals surface area contributed by atoms with E-state index in [-0.39, 0.29) is 5.92 Å². The largest absolute Gasteiger partial charge is 0.496 e. The molecule has 0 spiro atoms. The van der Waals surface area contributed by atoms with Crippen molar-refractivity contribution < 1.29 is 4.74 Å². The molecule has 18 heavy (non-hydrogen) atoms. The molecule has 2 aromatic rings. The van der Waals surface area contributed by atoms with Crippen molar-refractivity contribution in [1.29, 1.82) is 5.26 Å². The maximum Gasteiger partial charge on any atom is 0.129 e. The Hall–Kier alpha value is -2.28. The molecule has 0 fully saturated rings. The highest BCUT2D eigenvalue weighted by molar-refractivity contribution is 5.46. The number of ether oxygens (including phenoxy) is 1. The van der Waals surface area contributed by atoms with Crippen LogP contribution in [-0.4, -0.2) is 17.1 Å². The van der Waals surface area contributed by atoms with Crippen LogP contribution >= 0.6 is 0 Å². The van der Waals surface area contributed by atoms with Crippen molar-refractivity contribution >= 4 is 0 Å². The van der Waals surface area contributed by atoms with E-state index in [0.29, 0.717) is 5.82 Å². The van der Waals surface area contributed by atoms with Crippen molar-refractivity contribution in [2.24, 2.45) is 0 Å². The third-order valence-corrected chi connectivity index (χ3v) is 2.94. The van der Waals surface area contributed by atoms with Gasteiger partial charge in [0, 0.05) is 12.4 Å². The minimum absolute atomic E-state index is 0.372. The molecule has 0 aliphatic carbocycles. The Kier molecular flexibility index (Phi) is 3.33. The molecule has 1 unspecified atom stereocenters. The Morgan fingerprint density at radius 2 is 2.00 bits per heavy atom. The van der Waals surface area contributed by atoms with Gasteiger partial charge in [0.15, 0.2) is 0 Å². The van der Waals surface area contributed by atoms with Crippen LogP contribution in [0.5, 0.6) is 5.75 Å². The zero-order chi connectivity index (χ0) is 13.1. The molecule has 0 aliphatic heterocycles. The summed E-state index contributed by atoms with van der Waals surface area (Å²) in [4.78, 5) is 7.15. The number of imidazole rings is 1. The second-order valence-electron chi connectivity index (χ2n) is 4.22. The summed E-state index contributed by atoms with van der Waals surface area (Å²) in [5.41, 5.74) is 2.99. The Morgan fingerprint density at radius 1 is 1.33 bits per heavy atom. The standard InChI is InChI=1S/C14H15N3O/c1-9-6-11(7-10(2)13(9)18-3)12(8-15)14-16-4-5-17-14/h4-7,12H,1-3H3,(H,16,17). The molecule has 1 aromatic heterocycles. The number of benzene rings is 1. The molecule has 0 radical (unpaired) electrons. The molecule has 1 N–H and O–H groups in total. The number of hydrogen-bond acceptors (Lipinski definition) is 3. The van der Waals surface area contributed by atoms with Crippen LogP contribution in [0.2, 0.25) is 0 Å². The number of hydrogen-bond donors (Lipinski definition) is 1. The molecule has 4 heteroatoms. The highest BCUT2D eigenvalue weighted by Gasteiger charge is 2.18. The SMILES string of the molecule is COc1c(C)cc(C(C#N)c2ncc[nH]2)cc1C. The smallest absolute Gasteiger partial charge is 0.129 e. The third-order valence-electron chi connectivity index (χ3n) is 2.94. The van der Waals surface area contributed by atoms with E-state index in [9.17, 15) is 5.26 Å². The first-order valence-corrected chi connectivity index (χ1v) is 5.71. The van der Waals surface area contributed by atoms with Crippen LogP contribution in [0.3, 0.4) is 0 Å². The summed E-state index contributed by atoms with van der Waals surface area (Å²) in [6.45, 7) is 3.96. The van der Waals surface area contributed by atoms with E-state index in [1.165, 1.54) is 0 Å². The number of methoxy groups -OCH3 is 1. The number of nitrogens with one attached hydrogen (secondary N) is 1. The first kappa shape index (κ1) is 12.2. The fourth-order valence-corrected chi connectivity index (χ4v) is 2.20. The van der Waals surface area contributed by atoms with Gasteiger partial charge in [-0.25, -0.2) is 4.98 Å². The van der Waals surface area contributed by atoms with E-state index in [1.54, 1.807) is 19.5 Å². The summed E-state index contributed by atoms with van der Waals surface area (Å²) in [5, 5.41) is 9.32. The van der Waals surface area contributed by atoms with Crippen LogP contribution in [-0.2, 0) is 0 Å². The number of nitrogens with zero attached hydrogens (tertiary/aromatic N) is 2. The van der Waals surface area contributed by atoms with Crippen molar-refractivity contribution in [3.63, 3.8) is 0 Å². The monoisotopic (exact) mass is 241 g/mol. The van der Waals surface area contributed by atoms with Gasteiger partial charge in [0.25, 0.3) is 0 Å². The first-order valence-electron chi connectivity index (χ1n) is 5.71.